The molecule has 4 rings (SSSR count). The predicted octanol–water partition coefficient (Wildman–Crippen LogP) is 1.30. The van der Waals surface area contributed by atoms with Crippen LogP contribution in [0.3, 0.4) is 0 Å². The quantitative estimate of drug-likeness (QED) is 0.625. The lowest BCUT2D eigenvalue weighted by atomic mass is 9.69. The van der Waals surface area contributed by atoms with Gasteiger partial charge in [0.15, 0.2) is 0 Å². The number of hydrogen-bond acceptors (Lipinski definition) is 1. The van der Waals surface area contributed by atoms with Crippen molar-refractivity contribution in [1.82, 2.24) is 0 Å². The normalized spacial score (nSPS) is 54.8. The molecule has 12 heavy (non-hydrogen) atoms. The van der Waals surface area contributed by atoms with E-state index in [2.05, 4.69) is 0 Å². The fourth-order valence-electron chi connectivity index (χ4n) is 4.11. The Morgan fingerprint density at radius 1 is 1.17 bits per heavy atom. The molecule has 2 unspecified atom stereocenters. The Balaban J connectivity index is 1.98. The molecule has 0 aromatic heterocycles. The first-order valence-electron chi connectivity index (χ1n) is 4.99. The summed E-state index contributed by atoms with van der Waals surface area (Å²) in [5, 5.41) is 0. The second-order valence-electron chi connectivity index (χ2n) is 5.11. The van der Waals surface area contributed by atoms with E-state index in [1.165, 1.54) is 12.8 Å². The lowest BCUT2D eigenvalue weighted by molar-refractivity contribution is -0.130. The number of rotatable bonds is 1. The van der Waals surface area contributed by atoms with Crippen molar-refractivity contribution < 1.29 is 4.79 Å². The van der Waals surface area contributed by atoms with Crippen molar-refractivity contribution in [1.29, 1.82) is 0 Å². The summed E-state index contributed by atoms with van der Waals surface area (Å²) in [6.07, 6.45) is 6.11. The summed E-state index contributed by atoms with van der Waals surface area (Å²) in [6, 6.07) is 0. The van der Waals surface area contributed by atoms with Crippen molar-refractivity contribution >= 4 is 5.91 Å². The summed E-state index contributed by atoms with van der Waals surface area (Å²) in [5.74, 6) is 2.54. The van der Waals surface area contributed by atoms with E-state index in [0.717, 1.165) is 37.0 Å². The van der Waals surface area contributed by atoms with Crippen LogP contribution in [-0.4, -0.2) is 5.91 Å². The minimum Gasteiger partial charge on any atom is -0.369 e. The van der Waals surface area contributed by atoms with Gasteiger partial charge in [-0.2, -0.15) is 0 Å². The zero-order valence-electron chi connectivity index (χ0n) is 7.25. The summed E-state index contributed by atoms with van der Waals surface area (Å²) in [6.45, 7) is 0. The van der Waals surface area contributed by atoms with E-state index >= 15 is 0 Å². The zero-order valence-corrected chi connectivity index (χ0v) is 7.25. The number of carbonyl (C=O) groups excluding carboxylic acids is 1. The smallest absolute Gasteiger partial charge is 0.223 e. The van der Waals surface area contributed by atoms with Gasteiger partial charge in [-0.3, -0.25) is 4.79 Å². The topological polar surface area (TPSA) is 43.1 Å². The summed E-state index contributed by atoms with van der Waals surface area (Å²) >= 11 is 0. The molecule has 4 bridgehead atoms. The summed E-state index contributed by atoms with van der Waals surface area (Å²) in [7, 11) is 0. The average Bonchev–Trinajstić information content (AvgIpc) is 2.39. The molecule has 2 nitrogen and oxygen atoms in total. The molecule has 4 aliphatic carbocycles. The number of hydrogen-bond donors (Lipinski definition) is 1. The molecule has 0 aromatic rings. The molecule has 4 fully saturated rings. The zero-order chi connectivity index (χ0) is 8.34. The van der Waals surface area contributed by atoms with Crippen molar-refractivity contribution in [3.05, 3.63) is 0 Å². The van der Waals surface area contributed by atoms with Gasteiger partial charge >= 0.3 is 0 Å². The first kappa shape index (κ1) is 6.93. The number of nitrogens with two attached hydrogens (primary N) is 1. The van der Waals surface area contributed by atoms with Gasteiger partial charge in [-0.1, -0.05) is 0 Å². The van der Waals surface area contributed by atoms with Crippen LogP contribution in [0, 0.1) is 23.2 Å². The Morgan fingerprint density at radius 3 is 2.17 bits per heavy atom. The molecular weight excluding hydrogens is 150 g/mol. The third kappa shape index (κ3) is 0.644. The van der Waals surface area contributed by atoms with Crippen LogP contribution in [0.5, 0.6) is 0 Å². The molecular formula is C10H15NO. The number of carbonyl (C=O) groups is 1. The fraction of sp³-hybridized carbons (Fsp3) is 0.900. The second-order valence-corrected chi connectivity index (χ2v) is 5.11. The first-order valence-corrected chi connectivity index (χ1v) is 4.99. The maximum absolute atomic E-state index is 11.3. The maximum atomic E-state index is 11.3. The maximum Gasteiger partial charge on any atom is 0.223 e. The van der Waals surface area contributed by atoms with E-state index in [-0.39, 0.29) is 11.3 Å². The van der Waals surface area contributed by atoms with Gasteiger partial charge in [0.1, 0.15) is 0 Å². The molecule has 0 aliphatic heterocycles. The first-order chi connectivity index (χ1) is 5.70. The summed E-state index contributed by atoms with van der Waals surface area (Å²) in [5.41, 5.74) is 5.44. The lowest BCUT2D eigenvalue weighted by Gasteiger charge is -2.35. The van der Waals surface area contributed by atoms with Crippen molar-refractivity contribution in [2.45, 2.75) is 32.1 Å². The van der Waals surface area contributed by atoms with Gasteiger partial charge in [0.05, 0.1) is 0 Å². The van der Waals surface area contributed by atoms with Crippen LogP contribution in [0.25, 0.3) is 0 Å². The number of amides is 1. The lowest BCUT2D eigenvalue weighted by Crippen LogP contribution is -2.39. The number of primary amides is 1. The van der Waals surface area contributed by atoms with Crippen LogP contribution >= 0.6 is 0 Å². The molecule has 2 N–H and O–H groups in total. The minimum atomic E-state index is -0.0451. The van der Waals surface area contributed by atoms with Crippen LogP contribution < -0.4 is 5.73 Å². The highest BCUT2D eigenvalue weighted by Crippen LogP contribution is 2.63. The van der Waals surface area contributed by atoms with Crippen molar-refractivity contribution in [3.63, 3.8) is 0 Å². The van der Waals surface area contributed by atoms with Crippen LogP contribution in [0.2, 0.25) is 0 Å². The molecule has 0 aromatic carbocycles. The molecule has 0 heterocycles. The van der Waals surface area contributed by atoms with Crippen molar-refractivity contribution in [3.8, 4) is 0 Å². The molecule has 1 amide bonds. The predicted molar refractivity (Wildman–Crippen MR) is 45.2 cm³/mol. The van der Waals surface area contributed by atoms with Crippen LogP contribution in [0.1, 0.15) is 32.1 Å². The Hall–Kier alpha value is -0.530. The third-order valence-electron chi connectivity index (χ3n) is 4.45. The van der Waals surface area contributed by atoms with E-state index in [9.17, 15) is 4.79 Å². The molecule has 2 atom stereocenters. The molecule has 4 aliphatic rings. The van der Waals surface area contributed by atoms with E-state index in [4.69, 9.17) is 5.73 Å². The Labute approximate surface area is 72.5 Å². The highest BCUT2D eigenvalue weighted by molar-refractivity contribution is 5.81. The fourth-order valence-corrected chi connectivity index (χ4v) is 4.11. The van der Waals surface area contributed by atoms with Gasteiger partial charge in [-0.15, -0.1) is 0 Å². The summed E-state index contributed by atoms with van der Waals surface area (Å²) < 4.78 is 0. The van der Waals surface area contributed by atoms with Gasteiger partial charge in [0, 0.05) is 5.41 Å². The van der Waals surface area contributed by atoms with E-state index < -0.39 is 0 Å². The highest BCUT2D eigenvalue weighted by Gasteiger charge is 2.58. The van der Waals surface area contributed by atoms with Crippen LogP contribution in [0.4, 0.5) is 0 Å². The summed E-state index contributed by atoms with van der Waals surface area (Å²) in [4.78, 5) is 11.3. The van der Waals surface area contributed by atoms with Gasteiger partial charge in [-0.25, -0.2) is 0 Å². The Bertz CT molecular complexity index is 229. The second kappa shape index (κ2) is 1.86. The van der Waals surface area contributed by atoms with Crippen molar-refractivity contribution in [2.24, 2.45) is 28.9 Å². The Morgan fingerprint density at radius 2 is 1.75 bits per heavy atom. The standard InChI is InChI=1S/C10H15NO/c11-9(12)10-3-6-1-7(4-10)8(2-6)5-10/h6-8H,1-5H2,(H2,11,12). The van der Waals surface area contributed by atoms with Crippen LogP contribution in [-0.2, 0) is 4.79 Å². The molecule has 0 radical (unpaired) electrons. The van der Waals surface area contributed by atoms with Gasteiger partial charge in [0.2, 0.25) is 5.91 Å². The molecule has 66 valence electrons. The largest absolute Gasteiger partial charge is 0.369 e. The Kier molecular flexibility index (Phi) is 1.07. The van der Waals surface area contributed by atoms with E-state index in [1.54, 1.807) is 0 Å². The van der Waals surface area contributed by atoms with Gasteiger partial charge in [0.25, 0.3) is 0 Å². The van der Waals surface area contributed by atoms with Crippen molar-refractivity contribution in [2.75, 3.05) is 0 Å². The average molecular weight is 165 g/mol. The third-order valence-corrected chi connectivity index (χ3v) is 4.45. The molecule has 0 spiro atoms. The van der Waals surface area contributed by atoms with E-state index in [1.807, 2.05) is 0 Å². The van der Waals surface area contributed by atoms with E-state index in [0.29, 0.717) is 0 Å². The molecule has 4 saturated carbocycles. The SMILES string of the molecule is NC(=O)C12CC3CC(C1)C(C3)C2. The van der Waals surface area contributed by atoms with Gasteiger partial charge in [-0.05, 0) is 49.9 Å². The monoisotopic (exact) mass is 165 g/mol. The minimum absolute atomic E-state index is 0.0144. The van der Waals surface area contributed by atoms with Gasteiger partial charge < -0.3 is 5.73 Å². The highest BCUT2D eigenvalue weighted by atomic mass is 16.1. The van der Waals surface area contributed by atoms with Crippen LogP contribution in [0.15, 0.2) is 0 Å². The molecule has 2 heteroatoms. The molecule has 0 saturated heterocycles.